The Bertz CT molecular complexity index is 757. The first-order valence-electron chi connectivity index (χ1n) is 6.12. The largest absolute Gasteiger partial charge is 0.517 e. The van der Waals surface area contributed by atoms with Gasteiger partial charge in [0.25, 0.3) is 0 Å². The fourth-order valence-corrected chi connectivity index (χ4v) is 2.73. The van der Waals surface area contributed by atoms with E-state index in [-0.39, 0.29) is 9.99 Å². The normalized spacial score (nSPS) is 12.2. The summed E-state index contributed by atoms with van der Waals surface area (Å²) in [6, 6.07) is 8.43. The van der Waals surface area contributed by atoms with Gasteiger partial charge in [0.05, 0.1) is 5.69 Å². The second-order valence-corrected chi connectivity index (χ2v) is 6.28. The van der Waals surface area contributed by atoms with Crippen molar-refractivity contribution in [3.63, 3.8) is 0 Å². The number of hydrogen-bond acceptors (Lipinski definition) is 4. The van der Waals surface area contributed by atoms with Crippen molar-refractivity contribution < 1.29 is 21.6 Å². The average molecular weight is 331 g/mol. The van der Waals surface area contributed by atoms with Gasteiger partial charge < -0.3 is 0 Å². The maximum absolute atomic E-state index is 13.0. The van der Waals surface area contributed by atoms with Crippen LogP contribution in [0.4, 0.5) is 24.8 Å². The van der Waals surface area contributed by atoms with Gasteiger partial charge >= 0.3 is 15.5 Å². The highest BCUT2D eigenvalue weighted by molar-refractivity contribution is 7.94. The Balaban J connectivity index is 2.72. The van der Waals surface area contributed by atoms with Gasteiger partial charge in [-0.05, 0) is 32.0 Å². The maximum atomic E-state index is 13.0. The van der Waals surface area contributed by atoms with E-state index in [1.807, 2.05) is 0 Å². The average Bonchev–Trinajstić information content (AvgIpc) is 2.37. The van der Waals surface area contributed by atoms with Crippen molar-refractivity contribution in [1.82, 2.24) is 9.97 Å². The van der Waals surface area contributed by atoms with E-state index in [9.17, 15) is 21.6 Å². The van der Waals surface area contributed by atoms with Crippen molar-refractivity contribution in [3.8, 4) is 0 Å². The molecule has 0 saturated carbocycles. The summed E-state index contributed by atoms with van der Waals surface area (Å²) in [6.45, 7) is 3.09. The molecule has 9 heteroatoms. The van der Waals surface area contributed by atoms with Crippen LogP contribution in [0.25, 0.3) is 0 Å². The van der Waals surface area contributed by atoms with E-state index in [2.05, 4.69) is 9.97 Å². The molecule has 0 aliphatic heterocycles. The van der Waals surface area contributed by atoms with Gasteiger partial charge in [-0.15, -0.1) is 0 Å². The summed E-state index contributed by atoms with van der Waals surface area (Å²) in [5.41, 5.74) is -4.93. The molecule has 1 aromatic heterocycles. The molecule has 0 amide bonds. The number of benzene rings is 1. The molecule has 0 radical (unpaired) electrons. The van der Waals surface area contributed by atoms with Crippen molar-refractivity contribution in [2.24, 2.45) is 0 Å². The third-order valence-electron chi connectivity index (χ3n) is 2.68. The standard InChI is InChI=1S/C13H12F3N3O2S/c1-9-8-10(2)18-12(17-9)19(11-6-4-3-5-7-11)22(20,21)13(14,15)16/h3-8H,1-2H3. The Morgan fingerprint density at radius 2 is 1.50 bits per heavy atom. The van der Waals surface area contributed by atoms with Gasteiger partial charge in [0.1, 0.15) is 0 Å². The summed E-state index contributed by atoms with van der Waals surface area (Å²) in [5.74, 6) is -0.541. The SMILES string of the molecule is Cc1cc(C)nc(N(c2ccccc2)S(=O)(=O)C(F)(F)F)n1. The van der Waals surface area contributed by atoms with E-state index in [0.717, 1.165) is 0 Å². The Labute approximate surface area is 125 Å². The van der Waals surface area contributed by atoms with Gasteiger partial charge in [-0.25, -0.2) is 9.97 Å². The molecule has 0 spiro atoms. The number of para-hydroxylation sites is 1. The molecule has 22 heavy (non-hydrogen) atoms. The monoisotopic (exact) mass is 331 g/mol. The molecule has 0 N–H and O–H groups in total. The molecule has 1 heterocycles. The first-order valence-corrected chi connectivity index (χ1v) is 7.56. The fourth-order valence-electron chi connectivity index (χ4n) is 1.83. The van der Waals surface area contributed by atoms with Crippen LogP contribution in [0.1, 0.15) is 11.4 Å². The van der Waals surface area contributed by atoms with Crippen LogP contribution in [0.2, 0.25) is 0 Å². The minimum Gasteiger partial charge on any atom is -0.217 e. The summed E-state index contributed by atoms with van der Waals surface area (Å²) < 4.78 is 62.8. The molecule has 0 aliphatic carbocycles. The van der Waals surface area contributed by atoms with E-state index >= 15 is 0 Å². The number of rotatable bonds is 3. The van der Waals surface area contributed by atoms with Crippen LogP contribution in [0.3, 0.4) is 0 Å². The molecule has 0 unspecified atom stereocenters. The van der Waals surface area contributed by atoms with Crippen molar-refractivity contribution >= 4 is 21.7 Å². The Kier molecular flexibility index (Phi) is 4.10. The highest BCUT2D eigenvalue weighted by atomic mass is 32.2. The van der Waals surface area contributed by atoms with Crippen molar-refractivity contribution in [2.75, 3.05) is 4.31 Å². The second-order valence-electron chi connectivity index (χ2n) is 4.50. The van der Waals surface area contributed by atoms with Crippen molar-refractivity contribution in [2.45, 2.75) is 19.4 Å². The predicted molar refractivity (Wildman–Crippen MR) is 75.1 cm³/mol. The zero-order valence-electron chi connectivity index (χ0n) is 11.7. The number of aromatic nitrogens is 2. The van der Waals surface area contributed by atoms with Crippen LogP contribution >= 0.6 is 0 Å². The third kappa shape index (κ3) is 3.03. The zero-order chi connectivity index (χ0) is 16.5. The van der Waals surface area contributed by atoms with E-state index < -0.39 is 21.5 Å². The fraction of sp³-hybridized carbons (Fsp3) is 0.231. The number of halogens is 3. The molecule has 0 aliphatic rings. The minimum atomic E-state index is -5.67. The van der Waals surface area contributed by atoms with Crippen LogP contribution < -0.4 is 4.31 Å². The van der Waals surface area contributed by atoms with E-state index in [0.29, 0.717) is 11.4 Å². The molecule has 0 saturated heterocycles. The summed E-state index contributed by atoms with van der Waals surface area (Å²) in [5, 5.41) is 0. The van der Waals surface area contributed by atoms with Gasteiger partial charge in [0, 0.05) is 11.4 Å². The lowest BCUT2D eigenvalue weighted by Gasteiger charge is -2.23. The molecule has 0 atom stereocenters. The molecule has 118 valence electrons. The number of sulfonamides is 1. The van der Waals surface area contributed by atoms with E-state index in [1.165, 1.54) is 30.3 Å². The molecule has 0 fully saturated rings. The number of aryl methyl sites for hydroxylation is 2. The predicted octanol–water partition coefficient (Wildman–Crippen LogP) is 3.08. The first-order chi connectivity index (χ1) is 10.1. The lowest BCUT2D eigenvalue weighted by atomic mass is 10.3. The number of alkyl halides is 3. The third-order valence-corrected chi connectivity index (χ3v) is 4.12. The second kappa shape index (κ2) is 5.56. The molecular formula is C13H12F3N3O2S. The highest BCUT2D eigenvalue weighted by Crippen LogP contribution is 2.35. The number of nitrogens with zero attached hydrogens (tertiary/aromatic N) is 3. The van der Waals surface area contributed by atoms with Crippen LogP contribution in [-0.2, 0) is 10.0 Å². The van der Waals surface area contributed by atoms with E-state index in [4.69, 9.17) is 0 Å². The Morgan fingerprint density at radius 1 is 1.00 bits per heavy atom. The van der Waals surface area contributed by atoms with Gasteiger partial charge in [-0.1, -0.05) is 18.2 Å². The summed E-state index contributed by atoms with van der Waals surface area (Å²) in [6.07, 6.45) is 0. The highest BCUT2D eigenvalue weighted by Gasteiger charge is 2.51. The quantitative estimate of drug-likeness (QED) is 0.867. The molecule has 0 bridgehead atoms. The van der Waals surface area contributed by atoms with Gasteiger partial charge in [0.2, 0.25) is 5.95 Å². The van der Waals surface area contributed by atoms with Crippen LogP contribution in [0, 0.1) is 13.8 Å². The van der Waals surface area contributed by atoms with Gasteiger partial charge in [-0.3, -0.25) is 0 Å². The lowest BCUT2D eigenvalue weighted by Crippen LogP contribution is -2.38. The van der Waals surface area contributed by atoms with E-state index in [1.54, 1.807) is 19.9 Å². The van der Waals surface area contributed by atoms with Gasteiger partial charge in [-0.2, -0.15) is 25.9 Å². The van der Waals surface area contributed by atoms with Crippen LogP contribution in [0.5, 0.6) is 0 Å². The minimum absolute atomic E-state index is 0.104. The van der Waals surface area contributed by atoms with Crippen LogP contribution in [-0.4, -0.2) is 23.9 Å². The molecule has 2 aromatic rings. The lowest BCUT2D eigenvalue weighted by molar-refractivity contribution is -0.0436. The number of hydrogen-bond donors (Lipinski definition) is 0. The van der Waals surface area contributed by atoms with Crippen molar-refractivity contribution in [1.29, 1.82) is 0 Å². The summed E-state index contributed by atoms with van der Waals surface area (Å²) in [7, 11) is -5.67. The number of anilines is 2. The molecular weight excluding hydrogens is 319 g/mol. The van der Waals surface area contributed by atoms with Gasteiger partial charge in [0.15, 0.2) is 0 Å². The zero-order valence-corrected chi connectivity index (χ0v) is 12.5. The smallest absolute Gasteiger partial charge is 0.217 e. The first kappa shape index (κ1) is 16.2. The summed E-state index contributed by atoms with van der Waals surface area (Å²) >= 11 is 0. The maximum Gasteiger partial charge on any atom is 0.517 e. The Morgan fingerprint density at radius 3 is 1.95 bits per heavy atom. The molecule has 1 aromatic carbocycles. The van der Waals surface area contributed by atoms with Crippen molar-refractivity contribution in [3.05, 3.63) is 47.8 Å². The van der Waals surface area contributed by atoms with Crippen LogP contribution in [0.15, 0.2) is 36.4 Å². The Hall–Kier alpha value is -2.16. The summed E-state index contributed by atoms with van der Waals surface area (Å²) in [4.78, 5) is 7.65. The molecule has 2 rings (SSSR count). The topological polar surface area (TPSA) is 63.2 Å². The molecule has 5 nitrogen and oxygen atoms in total.